The zero-order chi connectivity index (χ0) is 14.4. The number of carboxylic acids is 1. The molecule has 0 fully saturated rings. The second-order valence-corrected chi connectivity index (χ2v) is 4.17. The molecule has 1 amide bonds. The van der Waals surface area contributed by atoms with Crippen molar-refractivity contribution in [3.8, 4) is 5.75 Å². The van der Waals surface area contributed by atoms with Crippen LogP contribution in [0.1, 0.15) is 36.5 Å². The first-order valence-corrected chi connectivity index (χ1v) is 5.98. The highest BCUT2D eigenvalue weighted by Gasteiger charge is 2.21. The number of aliphatic carboxylic acids is 1. The van der Waals surface area contributed by atoms with Crippen molar-refractivity contribution in [2.24, 2.45) is 0 Å². The molecule has 1 unspecified atom stereocenters. The summed E-state index contributed by atoms with van der Waals surface area (Å²) in [6.45, 7) is 1.90. The average molecular weight is 269 g/mol. The van der Waals surface area contributed by atoms with Gasteiger partial charge in [-0.15, -0.1) is 0 Å². The molecule has 0 bridgehead atoms. The largest absolute Gasteiger partial charge is 0.508 e. The molecule has 0 aliphatic carbocycles. The Kier molecular flexibility index (Phi) is 5.29. The quantitative estimate of drug-likeness (QED) is 0.736. The Balaban J connectivity index is 2.78. The van der Waals surface area contributed by atoms with Gasteiger partial charge in [0, 0.05) is 6.07 Å². The highest BCUT2D eigenvalue weighted by atomic mass is 19.1. The summed E-state index contributed by atoms with van der Waals surface area (Å²) >= 11 is 0. The molecular formula is C13H16FNO4. The molecular weight excluding hydrogens is 253 g/mol. The number of hydrogen-bond donors (Lipinski definition) is 3. The second-order valence-electron chi connectivity index (χ2n) is 4.17. The summed E-state index contributed by atoms with van der Waals surface area (Å²) < 4.78 is 13.4. The molecule has 0 saturated heterocycles. The monoisotopic (exact) mass is 269 g/mol. The van der Waals surface area contributed by atoms with E-state index in [-0.39, 0.29) is 17.7 Å². The fraction of sp³-hybridized carbons (Fsp3) is 0.385. The van der Waals surface area contributed by atoms with E-state index in [1.165, 1.54) is 6.07 Å². The van der Waals surface area contributed by atoms with Gasteiger partial charge in [-0.05, 0) is 18.6 Å². The molecule has 0 spiro atoms. The predicted molar refractivity (Wildman–Crippen MR) is 66.5 cm³/mol. The lowest BCUT2D eigenvalue weighted by atomic mass is 10.1. The number of amides is 1. The molecule has 1 aromatic carbocycles. The maximum Gasteiger partial charge on any atom is 0.326 e. The second kappa shape index (κ2) is 6.72. The van der Waals surface area contributed by atoms with Crippen molar-refractivity contribution < 1.29 is 24.2 Å². The highest BCUT2D eigenvalue weighted by molar-refractivity contribution is 5.96. The fourth-order valence-corrected chi connectivity index (χ4v) is 1.59. The van der Waals surface area contributed by atoms with Crippen LogP contribution in [-0.2, 0) is 4.79 Å². The molecule has 19 heavy (non-hydrogen) atoms. The van der Waals surface area contributed by atoms with Crippen LogP contribution in [0.5, 0.6) is 5.75 Å². The van der Waals surface area contributed by atoms with Gasteiger partial charge in [-0.1, -0.05) is 19.8 Å². The van der Waals surface area contributed by atoms with E-state index in [1.807, 2.05) is 6.92 Å². The molecule has 0 heterocycles. The Morgan fingerprint density at radius 1 is 1.42 bits per heavy atom. The zero-order valence-corrected chi connectivity index (χ0v) is 10.5. The first-order chi connectivity index (χ1) is 8.95. The predicted octanol–water partition coefficient (Wildman–Crippen LogP) is 1.90. The van der Waals surface area contributed by atoms with Crippen LogP contribution in [0.15, 0.2) is 18.2 Å². The van der Waals surface area contributed by atoms with Gasteiger partial charge in [0.25, 0.3) is 5.91 Å². The SMILES string of the molecule is CCCCC(NC(=O)c1ccc(O)cc1F)C(=O)O. The van der Waals surface area contributed by atoms with Gasteiger partial charge < -0.3 is 15.5 Å². The van der Waals surface area contributed by atoms with Crippen molar-refractivity contribution in [2.45, 2.75) is 32.2 Å². The normalized spacial score (nSPS) is 11.9. The number of carbonyl (C=O) groups excluding carboxylic acids is 1. The van der Waals surface area contributed by atoms with Crippen molar-refractivity contribution in [1.82, 2.24) is 5.32 Å². The van der Waals surface area contributed by atoms with E-state index in [9.17, 15) is 14.0 Å². The third-order valence-electron chi connectivity index (χ3n) is 2.65. The topological polar surface area (TPSA) is 86.6 Å². The van der Waals surface area contributed by atoms with Crippen LogP contribution < -0.4 is 5.32 Å². The summed E-state index contributed by atoms with van der Waals surface area (Å²) in [6, 6.07) is 2.04. The van der Waals surface area contributed by atoms with E-state index >= 15 is 0 Å². The molecule has 1 aromatic rings. The van der Waals surface area contributed by atoms with Crippen LogP contribution in [-0.4, -0.2) is 28.1 Å². The first kappa shape index (κ1) is 14.9. The van der Waals surface area contributed by atoms with Crippen molar-refractivity contribution in [3.63, 3.8) is 0 Å². The van der Waals surface area contributed by atoms with Gasteiger partial charge >= 0.3 is 5.97 Å². The third-order valence-corrected chi connectivity index (χ3v) is 2.65. The van der Waals surface area contributed by atoms with Crippen LogP contribution in [0, 0.1) is 5.82 Å². The standard InChI is InChI=1S/C13H16FNO4/c1-2-3-4-11(13(18)19)15-12(17)9-6-5-8(16)7-10(9)14/h5-7,11,16H,2-4H2,1H3,(H,15,17)(H,18,19). The molecule has 104 valence electrons. The number of carboxylic acid groups (broad SMARTS) is 1. The minimum absolute atomic E-state index is 0.289. The number of hydrogen-bond acceptors (Lipinski definition) is 3. The fourth-order valence-electron chi connectivity index (χ4n) is 1.59. The maximum atomic E-state index is 13.4. The van der Waals surface area contributed by atoms with Crippen LogP contribution in [0.2, 0.25) is 0 Å². The number of halogens is 1. The molecule has 0 radical (unpaired) electrons. The maximum absolute atomic E-state index is 13.4. The number of aromatic hydroxyl groups is 1. The van der Waals surface area contributed by atoms with E-state index in [2.05, 4.69) is 5.32 Å². The first-order valence-electron chi connectivity index (χ1n) is 5.98. The van der Waals surface area contributed by atoms with Gasteiger partial charge in [0.05, 0.1) is 5.56 Å². The lowest BCUT2D eigenvalue weighted by Crippen LogP contribution is -2.41. The number of carbonyl (C=O) groups is 2. The summed E-state index contributed by atoms with van der Waals surface area (Å²) in [7, 11) is 0. The van der Waals surface area contributed by atoms with Gasteiger partial charge in [0.2, 0.25) is 0 Å². The number of phenols is 1. The Morgan fingerprint density at radius 3 is 2.63 bits per heavy atom. The number of benzene rings is 1. The molecule has 5 nitrogen and oxygen atoms in total. The smallest absolute Gasteiger partial charge is 0.326 e. The Bertz CT molecular complexity index is 476. The molecule has 6 heteroatoms. The number of phenolic OH excluding ortho intramolecular Hbond substituents is 1. The Labute approximate surface area is 110 Å². The lowest BCUT2D eigenvalue weighted by molar-refractivity contribution is -0.139. The van der Waals surface area contributed by atoms with E-state index < -0.39 is 23.7 Å². The van der Waals surface area contributed by atoms with Gasteiger partial charge in [-0.25, -0.2) is 9.18 Å². The Morgan fingerprint density at radius 2 is 2.11 bits per heavy atom. The molecule has 0 aliphatic rings. The third kappa shape index (κ3) is 4.24. The summed E-state index contributed by atoms with van der Waals surface area (Å²) in [4.78, 5) is 22.7. The average Bonchev–Trinajstić information content (AvgIpc) is 2.33. The van der Waals surface area contributed by atoms with Gasteiger partial charge in [0.15, 0.2) is 0 Å². The van der Waals surface area contributed by atoms with E-state index in [1.54, 1.807) is 0 Å². The minimum atomic E-state index is -1.15. The van der Waals surface area contributed by atoms with Crippen LogP contribution in [0.3, 0.4) is 0 Å². The minimum Gasteiger partial charge on any atom is -0.508 e. The number of rotatable bonds is 6. The summed E-state index contributed by atoms with van der Waals surface area (Å²) in [5.74, 6) is -3.14. The van der Waals surface area contributed by atoms with Gasteiger partial charge in [-0.2, -0.15) is 0 Å². The van der Waals surface area contributed by atoms with Crippen molar-refractivity contribution in [3.05, 3.63) is 29.6 Å². The summed E-state index contributed by atoms with van der Waals surface area (Å²) in [6.07, 6.45) is 1.74. The van der Waals surface area contributed by atoms with Gasteiger partial charge in [-0.3, -0.25) is 4.79 Å². The molecule has 0 aromatic heterocycles. The van der Waals surface area contributed by atoms with E-state index in [0.29, 0.717) is 6.42 Å². The van der Waals surface area contributed by atoms with Crippen LogP contribution in [0.4, 0.5) is 4.39 Å². The van der Waals surface area contributed by atoms with E-state index in [0.717, 1.165) is 18.6 Å². The molecule has 0 aliphatic heterocycles. The van der Waals surface area contributed by atoms with Crippen LogP contribution >= 0.6 is 0 Å². The van der Waals surface area contributed by atoms with Crippen molar-refractivity contribution in [1.29, 1.82) is 0 Å². The van der Waals surface area contributed by atoms with Crippen molar-refractivity contribution >= 4 is 11.9 Å². The summed E-state index contributed by atoms with van der Waals surface area (Å²) in [5.41, 5.74) is -0.291. The molecule has 3 N–H and O–H groups in total. The van der Waals surface area contributed by atoms with E-state index in [4.69, 9.17) is 10.2 Å². The summed E-state index contributed by atoms with van der Waals surface area (Å²) in [5, 5.41) is 20.3. The molecule has 0 saturated carbocycles. The lowest BCUT2D eigenvalue weighted by Gasteiger charge is -2.14. The Hall–Kier alpha value is -2.11. The van der Waals surface area contributed by atoms with Crippen LogP contribution in [0.25, 0.3) is 0 Å². The van der Waals surface area contributed by atoms with Gasteiger partial charge in [0.1, 0.15) is 17.6 Å². The zero-order valence-electron chi connectivity index (χ0n) is 10.5. The number of unbranched alkanes of at least 4 members (excludes halogenated alkanes) is 1. The van der Waals surface area contributed by atoms with Crippen molar-refractivity contribution in [2.75, 3.05) is 0 Å². The number of nitrogens with one attached hydrogen (secondary N) is 1. The molecule has 1 rings (SSSR count). The molecule has 1 atom stereocenters. The highest BCUT2D eigenvalue weighted by Crippen LogP contribution is 2.15.